The molecule has 3 heterocycles. The molecule has 7 heteroatoms. The van der Waals surface area contributed by atoms with Crippen LogP contribution < -0.4 is 9.47 Å². The van der Waals surface area contributed by atoms with Crippen molar-refractivity contribution < 1.29 is 19.1 Å². The molecule has 0 spiro atoms. The summed E-state index contributed by atoms with van der Waals surface area (Å²) in [4.78, 5) is 29.6. The first-order chi connectivity index (χ1) is 11.6. The maximum Gasteiger partial charge on any atom is 0.246 e. The number of ether oxygens (including phenoxy) is 2. The summed E-state index contributed by atoms with van der Waals surface area (Å²) in [5.74, 6) is 1.47. The van der Waals surface area contributed by atoms with Crippen LogP contribution in [0.3, 0.4) is 0 Å². The smallest absolute Gasteiger partial charge is 0.246 e. The van der Waals surface area contributed by atoms with Gasteiger partial charge in [-0.2, -0.15) is 0 Å². The molecule has 3 aliphatic rings. The fraction of sp³-hybridized carbons (Fsp3) is 0.529. The summed E-state index contributed by atoms with van der Waals surface area (Å²) in [5, 5.41) is 0. The SMILES string of the molecule is CN1C(=O)CC(N2CCN(Cc3ccc4c(c3)OCO4)CC2)C1=O. The minimum atomic E-state index is -0.268. The van der Waals surface area contributed by atoms with E-state index in [0.29, 0.717) is 13.2 Å². The number of rotatable bonds is 3. The van der Waals surface area contributed by atoms with E-state index in [-0.39, 0.29) is 17.9 Å². The molecule has 2 saturated heterocycles. The highest BCUT2D eigenvalue weighted by molar-refractivity contribution is 6.05. The number of hydrogen-bond acceptors (Lipinski definition) is 6. The Hall–Kier alpha value is -2.12. The van der Waals surface area contributed by atoms with Gasteiger partial charge in [-0.15, -0.1) is 0 Å². The third kappa shape index (κ3) is 2.74. The largest absolute Gasteiger partial charge is 0.454 e. The number of piperazine rings is 1. The fourth-order valence-electron chi connectivity index (χ4n) is 3.55. The van der Waals surface area contributed by atoms with Crippen molar-refractivity contribution in [3.63, 3.8) is 0 Å². The Morgan fingerprint density at radius 3 is 2.54 bits per heavy atom. The monoisotopic (exact) mass is 331 g/mol. The van der Waals surface area contributed by atoms with E-state index in [9.17, 15) is 9.59 Å². The van der Waals surface area contributed by atoms with E-state index in [0.717, 1.165) is 44.2 Å². The minimum absolute atomic E-state index is 0.0655. The molecular formula is C17H21N3O4. The van der Waals surface area contributed by atoms with Crippen molar-refractivity contribution in [3.8, 4) is 11.5 Å². The quantitative estimate of drug-likeness (QED) is 0.742. The molecule has 1 unspecified atom stereocenters. The molecule has 0 aliphatic carbocycles. The molecular weight excluding hydrogens is 310 g/mol. The molecule has 1 aromatic rings. The third-order valence-electron chi connectivity index (χ3n) is 5.05. The van der Waals surface area contributed by atoms with Gasteiger partial charge in [0, 0.05) is 39.8 Å². The summed E-state index contributed by atoms with van der Waals surface area (Å²) in [6.45, 7) is 4.53. The lowest BCUT2D eigenvalue weighted by Crippen LogP contribution is -2.52. The number of imide groups is 1. The summed E-state index contributed by atoms with van der Waals surface area (Å²) in [5.41, 5.74) is 1.19. The average molecular weight is 331 g/mol. The Morgan fingerprint density at radius 1 is 1.08 bits per heavy atom. The number of hydrogen-bond donors (Lipinski definition) is 0. The second kappa shape index (κ2) is 6.07. The van der Waals surface area contributed by atoms with Crippen molar-refractivity contribution in [2.75, 3.05) is 40.0 Å². The van der Waals surface area contributed by atoms with Gasteiger partial charge < -0.3 is 9.47 Å². The zero-order valence-corrected chi connectivity index (χ0v) is 13.7. The molecule has 7 nitrogen and oxygen atoms in total. The third-order valence-corrected chi connectivity index (χ3v) is 5.05. The average Bonchev–Trinajstić information content (AvgIpc) is 3.15. The van der Waals surface area contributed by atoms with E-state index in [1.165, 1.54) is 10.5 Å². The van der Waals surface area contributed by atoms with Crippen LogP contribution in [0.4, 0.5) is 0 Å². The predicted octanol–water partition coefficient (Wildman–Crippen LogP) is 0.290. The van der Waals surface area contributed by atoms with Crippen LogP contribution in [0, 0.1) is 0 Å². The first-order valence-corrected chi connectivity index (χ1v) is 8.27. The van der Waals surface area contributed by atoms with E-state index in [1.807, 2.05) is 12.1 Å². The van der Waals surface area contributed by atoms with Gasteiger partial charge in [0.1, 0.15) is 0 Å². The lowest BCUT2D eigenvalue weighted by Gasteiger charge is -2.36. The van der Waals surface area contributed by atoms with Crippen molar-refractivity contribution >= 4 is 11.8 Å². The zero-order valence-electron chi connectivity index (χ0n) is 13.7. The van der Waals surface area contributed by atoms with Crippen molar-refractivity contribution in [1.82, 2.24) is 14.7 Å². The number of fused-ring (bicyclic) bond motifs is 1. The molecule has 2 amide bonds. The number of nitrogens with zero attached hydrogens (tertiary/aromatic N) is 3. The standard InChI is InChI=1S/C17H21N3O4/c1-18-16(21)9-13(17(18)22)20-6-4-19(5-7-20)10-12-2-3-14-15(8-12)24-11-23-14/h2-3,8,13H,4-7,9-11H2,1H3. The zero-order chi connectivity index (χ0) is 16.7. The van der Waals surface area contributed by atoms with Crippen LogP contribution in [0.5, 0.6) is 11.5 Å². The first-order valence-electron chi connectivity index (χ1n) is 8.27. The molecule has 1 aromatic carbocycles. The Kier molecular flexibility index (Phi) is 3.90. The second-order valence-corrected chi connectivity index (χ2v) is 6.51. The number of carbonyl (C=O) groups is 2. The van der Waals surface area contributed by atoms with E-state index >= 15 is 0 Å². The molecule has 1 atom stereocenters. The molecule has 24 heavy (non-hydrogen) atoms. The van der Waals surface area contributed by atoms with Crippen LogP contribution in [-0.2, 0) is 16.1 Å². The minimum Gasteiger partial charge on any atom is -0.454 e. The second-order valence-electron chi connectivity index (χ2n) is 6.51. The number of amides is 2. The summed E-state index contributed by atoms with van der Waals surface area (Å²) >= 11 is 0. The van der Waals surface area contributed by atoms with Gasteiger partial charge in [-0.1, -0.05) is 6.07 Å². The predicted molar refractivity (Wildman–Crippen MR) is 85.6 cm³/mol. The van der Waals surface area contributed by atoms with Gasteiger partial charge in [0.25, 0.3) is 0 Å². The fourth-order valence-corrected chi connectivity index (χ4v) is 3.55. The van der Waals surface area contributed by atoms with Crippen molar-refractivity contribution in [2.24, 2.45) is 0 Å². The van der Waals surface area contributed by atoms with Crippen LogP contribution >= 0.6 is 0 Å². The lowest BCUT2D eigenvalue weighted by atomic mass is 10.1. The topological polar surface area (TPSA) is 62.3 Å². The highest BCUT2D eigenvalue weighted by Gasteiger charge is 2.40. The summed E-state index contributed by atoms with van der Waals surface area (Å²) in [6.07, 6.45) is 0.317. The van der Waals surface area contributed by atoms with Crippen molar-refractivity contribution in [1.29, 1.82) is 0 Å². The maximum atomic E-state index is 12.1. The van der Waals surface area contributed by atoms with Gasteiger partial charge in [0.05, 0.1) is 12.5 Å². The van der Waals surface area contributed by atoms with Gasteiger partial charge in [-0.05, 0) is 17.7 Å². The van der Waals surface area contributed by atoms with E-state index < -0.39 is 0 Å². The Labute approximate surface area is 140 Å². The van der Waals surface area contributed by atoms with E-state index in [1.54, 1.807) is 7.05 Å². The Bertz CT molecular complexity index is 670. The number of benzene rings is 1. The first kappa shape index (κ1) is 15.4. The van der Waals surface area contributed by atoms with Crippen LogP contribution in [0.15, 0.2) is 18.2 Å². The van der Waals surface area contributed by atoms with E-state index in [2.05, 4.69) is 15.9 Å². The van der Waals surface area contributed by atoms with Crippen molar-refractivity contribution in [2.45, 2.75) is 19.0 Å². The molecule has 128 valence electrons. The van der Waals surface area contributed by atoms with Crippen LogP contribution in [0.2, 0.25) is 0 Å². The number of likely N-dealkylation sites (tertiary alicyclic amines) is 1. The molecule has 0 radical (unpaired) electrons. The van der Waals surface area contributed by atoms with Crippen molar-refractivity contribution in [3.05, 3.63) is 23.8 Å². The van der Waals surface area contributed by atoms with E-state index in [4.69, 9.17) is 9.47 Å². The summed E-state index contributed by atoms with van der Waals surface area (Å²) in [6, 6.07) is 5.78. The van der Waals surface area contributed by atoms with Gasteiger partial charge in [-0.3, -0.25) is 24.3 Å². The Balaban J connectivity index is 1.33. The molecule has 2 fully saturated rings. The molecule has 0 bridgehead atoms. The maximum absolute atomic E-state index is 12.1. The van der Waals surface area contributed by atoms with Crippen LogP contribution in [-0.4, -0.2) is 72.6 Å². The molecule has 0 aromatic heterocycles. The Morgan fingerprint density at radius 2 is 1.83 bits per heavy atom. The van der Waals surface area contributed by atoms with Gasteiger partial charge in [0.2, 0.25) is 18.6 Å². The lowest BCUT2D eigenvalue weighted by molar-refractivity contribution is -0.138. The number of likely N-dealkylation sites (N-methyl/N-ethyl adjacent to an activating group) is 1. The normalized spacial score (nSPS) is 24.9. The highest BCUT2D eigenvalue weighted by Crippen LogP contribution is 2.33. The van der Waals surface area contributed by atoms with Gasteiger partial charge >= 0.3 is 0 Å². The molecule has 0 saturated carbocycles. The van der Waals surface area contributed by atoms with Crippen LogP contribution in [0.1, 0.15) is 12.0 Å². The number of carbonyl (C=O) groups excluding carboxylic acids is 2. The highest BCUT2D eigenvalue weighted by atomic mass is 16.7. The molecule has 3 aliphatic heterocycles. The van der Waals surface area contributed by atoms with Gasteiger partial charge in [0.15, 0.2) is 11.5 Å². The van der Waals surface area contributed by atoms with Crippen LogP contribution in [0.25, 0.3) is 0 Å². The summed E-state index contributed by atoms with van der Waals surface area (Å²) in [7, 11) is 1.57. The molecule has 0 N–H and O–H groups in total. The summed E-state index contributed by atoms with van der Waals surface area (Å²) < 4.78 is 10.8. The van der Waals surface area contributed by atoms with Gasteiger partial charge in [-0.25, -0.2) is 0 Å². The molecule has 4 rings (SSSR count).